The highest BCUT2D eigenvalue weighted by molar-refractivity contribution is 5.71. The molecule has 0 aliphatic heterocycles. The second-order valence-corrected chi connectivity index (χ2v) is 4.07. The summed E-state index contributed by atoms with van der Waals surface area (Å²) in [5.41, 5.74) is 0.191. The summed E-state index contributed by atoms with van der Waals surface area (Å²) in [7, 11) is 0. The molecule has 1 heterocycles. The number of aliphatic hydroxyl groups is 1. The summed E-state index contributed by atoms with van der Waals surface area (Å²) in [4.78, 5) is 11.4. The van der Waals surface area contributed by atoms with Gasteiger partial charge in [-0.2, -0.15) is 0 Å². The number of nitrogens with zero attached hydrogens (tertiary/aromatic N) is 1. The van der Waals surface area contributed by atoms with Crippen molar-refractivity contribution in [1.29, 1.82) is 0 Å². The molecule has 0 fully saturated rings. The molecule has 1 aromatic heterocycles. The summed E-state index contributed by atoms with van der Waals surface area (Å²) < 4.78 is 6.44. The van der Waals surface area contributed by atoms with Crippen LogP contribution in [0.1, 0.15) is 26.3 Å². The fraction of sp³-hybridized carbons (Fsp3) is 0.500. The fourth-order valence-corrected chi connectivity index (χ4v) is 0.962. The molecule has 0 atom stereocenters. The predicted molar refractivity (Wildman–Crippen MR) is 52.0 cm³/mol. The van der Waals surface area contributed by atoms with Gasteiger partial charge in [-0.05, 0) is 32.4 Å². The first-order valence-corrected chi connectivity index (χ1v) is 4.43. The Hall–Kier alpha value is -1.29. The van der Waals surface area contributed by atoms with Crippen LogP contribution in [0.5, 0.6) is 0 Å². The van der Waals surface area contributed by atoms with Gasteiger partial charge < -0.3 is 9.84 Å². The van der Waals surface area contributed by atoms with E-state index in [-0.39, 0.29) is 6.61 Å². The van der Waals surface area contributed by atoms with Gasteiger partial charge in [0, 0.05) is 12.4 Å². The smallest absolute Gasteiger partial charge is 0.418 e. The van der Waals surface area contributed by atoms with E-state index in [9.17, 15) is 4.79 Å². The highest BCUT2D eigenvalue weighted by atomic mass is 16.6. The van der Waals surface area contributed by atoms with Crippen molar-refractivity contribution in [3.05, 3.63) is 24.0 Å². The molecule has 0 unspecified atom stereocenters. The molecule has 1 N–H and O–H groups in total. The van der Waals surface area contributed by atoms with Crippen LogP contribution < -0.4 is 0 Å². The summed E-state index contributed by atoms with van der Waals surface area (Å²) in [6.07, 6.45) is 2.69. The maximum Gasteiger partial charge on any atom is 0.418 e. The Kier molecular flexibility index (Phi) is 2.96. The Balaban J connectivity index is 2.70. The largest absolute Gasteiger partial charge is 0.443 e. The zero-order valence-corrected chi connectivity index (χ0v) is 8.65. The molecule has 0 aromatic carbocycles. The number of carbonyl (C=O) groups excluding carboxylic acids is 1. The van der Waals surface area contributed by atoms with Gasteiger partial charge in [-0.1, -0.05) is 0 Å². The highest BCUT2D eigenvalue weighted by Gasteiger charge is 2.17. The van der Waals surface area contributed by atoms with Gasteiger partial charge in [-0.25, -0.2) is 4.79 Å². The summed E-state index contributed by atoms with van der Waals surface area (Å²) in [6.45, 7) is 5.35. The number of carbonyl (C=O) groups is 1. The van der Waals surface area contributed by atoms with Gasteiger partial charge in [0.1, 0.15) is 5.60 Å². The number of rotatable bonds is 1. The lowest BCUT2D eigenvalue weighted by Gasteiger charge is -2.19. The summed E-state index contributed by atoms with van der Waals surface area (Å²) in [5, 5.41) is 8.80. The second kappa shape index (κ2) is 3.84. The monoisotopic (exact) mass is 197 g/mol. The van der Waals surface area contributed by atoms with Crippen molar-refractivity contribution < 1.29 is 14.6 Å². The van der Waals surface area contributed by atoms with Crippen LogP contribution in [0.4, 0.5) is 4.79 Å². The summed E-state index contributed by atoms with van der Waals surface area (Å²) in [6, 6.07) is 1.67. The zero-order chi connectivity index (χ0) is 10.8. The van der Waals surface area contributed by atoms with Gasteiger partial charge >= 0.3 is 6.09 Å². The van der Waals surface area contributed by atoms with Gasteiger partial charge in [0.2, 0.25) is 0 Å². The molecule has 14 heavy (non-hydrogen) atoms. The molecule has 0 spiro atoms. The summed E-state index contributed by atoms with van der Waals surface area (Å²) in [5.74, 6) is 0. The van der Waals surface area contributed by atoms with Crippen LogP contribution in [-0.4, -0.2) is 21.4 Å². The molecule has 0 saturated heterocycles. The average Bonchev–Trinajstić information content (AvgIpc) is 2.48. The number of ether oxygens (including phenoxy) is 1. The zero-order valence-electron chi connectivity index (χ0n) is 8.65. The van der Waals surface area contributed by atoms with Crippen molar-refractivity contribution in [2.24, 2.45) is 0 Å². The maximum atomic E-state index is 11.4. The van der Waals surface area contributed by atoms with Crippen LogP contribution in [0.25, 0.3) is 0 Å². The number of aliphatic hydroxyl groups excluding tert-OH is 1. The fourth-order valence-electron chi connectivity index (χ4n) is 0.962. The van der Waals surface area contributed by atoms with Crippen LogP contribution in [0.3, 0.4) is 0 Å². The molecule has 0 aliphatic carbocycles. The minimum absolute atomic E-state index is 0.0736. The molecule has 1 rings (SSSR count). The van der Waals surface area contributed by atoms with Gasteiger partial charge in [0.15, 0.2) is 0 Å². The Morgan fingerprint density at radius 2 is 2.21 bits per heavy atom. The molecule has 0 radical (unpaired) electrons. The number of hydrogen-bond acceptors (Lipinski definition) is 3. The molecule has 78 valence electrons. The first-order chi connectivity index (χ1) is 6.42. The number of hydrogen-bond donors (Lipinski definition) is 1. The van der Waals surface area contributed by atoms with E-state index in [1.54, 1.807) is 39.2 Å². The summed E-state index contributed by atoms with van der Waals surface area (Å²) >= 11 is 0. The van der Waals surface area contributed by atoms with Gasteiger partial charge in [-0.3, -0.25) is 4.57 Å². The average molecular weight is 197 g/mol. The van der Waals surface area contributed by atoms with Crippen LogP contribution in [0.15, 0.2) is 18.5 Å². The van der Waals surface area contributed by atoms with E-state index in [0.29, 0.717) is 5.56 Å². The second-order valence-electron chi connectivity index (χ2n) is 4.07. The minimum atomic E-state index is -0.499. The van der Waals surface area contributed by atoms with Crippen molar-refractivity contribution in [3.8, 4) is 0 Å². The lowest BCUT2D eigenvalue weighted by Crippen LogP contribution is -2.26. The van der Waals surface area contributed by atoms with E-state index < -0.39 is 11.7 Å². The third kappa shape index (κ3) is 2.88. The molecule has 1 aromatic rings. The van der Waals surface area contributed by atoms with Gasteiger partial charge in [0.25, 0.3) is 0 Å². The Labute approximate surface area is 83.1 Å². The topological polar surface area (TPSA) is 51.5 Å². The Morgan fingerprint density at radius 1 is 1.57 bits per heavy atom. The van der Waals surface area contributed by atoms with Crippen molar-refractivity contribution in [2.45, 2.75) is 33.0 Å². The van der Waals surface area contributed by atoms with Gasteiger partial charge in [-0.15, -0.1) is 0 Å². The van der Waals surface area contributed by atoms with E-state index in [1.165, 1.54) is 4.57 Å². The molecule has 0 amide bonds. The van der Waals surface area contributed by atoms with E-state index in [2.05, 4.69) is 0 Å². The van der Waals surface area contributed by atoms with E-state index in [4.69, 9.17) is 9.84 Å². The van der Waals surface area contributed by atoms with Crippen LogP contribution in [0, 0.1) is 0 Å². The molecule has 4 heteroatoms. The predicted octanol–water partition coefficient (Wildman–Crippen LogP) is 1.76. The quantitative estimate of drug-likeness (QED) is 0.746. The van der Waals surface area contributed by atoms with E-state index in [1.807, 2.05) is 0 Å². The van der Waals surface area contributed by atoms with Crippen molar-refractivity contribution in [2.75, 3.05) is 0 Å². The van der Waals surface area contributed by atoms with E-state index in [0.717, 1.165) is 0 Å². The van der Waals surface area contributed by atoms with E-state index >= 15 is 0 Å². The molecular formula is C10H15NO3. The lowest BCUT2D eigenvalue weighted by atomic mass is 10.2. The maximum absolute atomic E-state index is 11.4. The highest BCUT2D eigenvalue weighted by Crippen LogP contribution is 2.10. The first-order valence-electron chi connectivity index (χ1n) is 4.43. The third-order valence-corrected chi connectivity index (χ3v) is 1.54. The van der Waals surface area contributed by atoms with Crippen LogP contribution in [-0.2, 0) is 11.3 Å². The first kappa shape index (κ1) is 10.8. The SMILES string of the molecule is CC(C)(C)OC(=O)n1ccc(CO)c1. The van der Waals surface area contributed by atoms with Gasteiger partial charge in [0.05, 0.1) is 6.61 Å². The molecular weight excluding hydrogens is 182 g/mol. The lowest BCUT2D eigenvalue weighted by molar-refractivity contribution is 0.0537. The Bertz CT molecular complexity index is 322. The molecule has 4 nitrogen and oxygen atoms in total. The normalized spacial score (nSPS) is 11.4. The van der Waals surface area contributed by atoms with Crippen molar-refractivity contribution in [1.82, 2.24) is 4.57 Å². The van der Waals surface area contributed by atoms with Crippen LogP contribution >= 0.6 is 0 Å². The molecule has 0 aliphatic rings. The van der Waals surface area contributed by atoms with Crippen molar-refractivity contribution >= 4 is 6.09 Å². The van der Waals surface area contributed by atoms with Crippen LogP contribution in [0.2, 0.25) is 0 Å². The third-order valence-electron chi connectivity index (χ3n) is 1.54. The standard InChI is InChI=1S/C10H15NO3/c1-10(2,3)14-9(13)11-5-4-8(6-11)7-12/h4-6,12H,7H2,1-3H3. The molecule has 0 bridgehead atoms. The Morgan fingerprint density at radius 3 is 2.64 bits per heavy atom. The molecule has 0 saturated carbocycles. The van der Waals surface area contributed by atoms with Crippen molar-refractivity contribution in [3.63, 3.8) is 0 Å². The minimum Gasteiger partial charge on any atom is -0.443 e. The number of aromatic nitrogens is 1.